The first-order valence-corrected chi connectivity index (χ1v) is 9.24. The van der Waals surface area contributed by atoms with Gasteiger partial charge in [-0.15, -0.1) is 0 Å². The molecule has 1 unspecified atom stereocenters. The number of hydrogen-bond acceptors (Lipinski definition) is 4. The van der Waals surface area contributed by atoms with Gasteiger partial charge < -0.3 is 16.4 Å². The molecule has 2 aromatic carbocycles. The summed E-state index contributed by atoms with van der Waals surface area (Å²) >= 11 is 0. The Morgan fingerprint density at radius 2 is 1.86 bits per heavy atom. The van der Waals surface area contributed by atoms with E-state index < -0.39 is 6.04 Å². The molecule has 0 saturated heterocycles. The molecule has 0 aromatic heterocycles. The third-order valence-electron chi connectivity index (χ3n) is 4.50. The molecule has 1 aliphatic rings. The topological polar surface area (TPSA) is 121 Å². The van der Waals surface area contributed by atoms with Crippen molar-refractivity contribution < 1.29 is 9.59 Å². The standard InChI is InChI=1S/C21H24N6O2/c1-12-5-4-6-15(9-12)24-20(22)27-21-25-17(19(29)26-21)11-18(28)23-16-8-7-13(2)14(3)10-16/h4-10,17H,11H2,1-3H3,(H,23,28)(H4,22,24,25,26,27,29). The molecule has 8 nitrogen and oxygen atoms in total. The molecule has 0 spiro atoms. The molecule has 2 amide bonds. The molecule has 29 heavy (non-hydrogen) atoms. The summed E-state index contributed by atoms with van der Waals surface area (Å²) in [4.78, 5) is 32.7. The second-order valence-electron chi connectivity index (χ2n) is 7.00. The lowest BCUT2D eigenvalue weighted by Crippen LogP contribution is -2.32. The van der Waals surface area contributed by atoms with Crippen LogP contribution >= 0.6 is 0 Å². The predicted octanol–water partition coefficient (Wildman–Crippen LogP) is 2.22. The third kappa shape index (κ3) is 5.41. The molecule has 1 atom stereocenters. The molecular weight excluding hydrogens is 368 g/mol. The van der Waals surface area contributed by atoms with E-state index in [1.54, 1.807) is 0 Å². The van der Waals surface area contributed by atoms with Gasteiger partial charge >= 0.3 is 0 Å². The van der Waals surface area contributed by atoms with Crippen LogP contribution in [0.25, 0.3) is 0 Å². The van der Waals surface area contributed by atoms with Gasteiger partial charge in [-0.2, -0.15) is 4.99 Å². The molecule has 150 valence electrons. The van der Waals surface area contributed by atoms with Crippen LogP contribution in [0.3, 0.4) is 0 Å². The van der Waals surface area contributed by atoms with Gasteiger partial charge in [-0.3, -0.25) is 14.9 Å². The highest BCUT2D eigenvalue weighted by atomic mass is 16.2. The maximum atomic E-state index is 12.3. The molecule has 0 bridgehead atoms. The maximum absolute atomic E-state index is 12.3. The number of aryl methyl sites for hydroxylation is 3. The van der Waals surface area contributed by atoms with Crippen LogP contribution in [0, 0.1) is 20.8 Å². The number of nitrogens with one attached hydrogen (secondary N) is 3. The molecule has 0 radical (unpaired) electrons. The van der Waals surface area contributed by atoms with E-state index in [9.17, 15) is 9.59 Å². The number of benzene rings is 2. The Morgan fingerprint density at radius 3 is 2.59 bits per heavy atom. The normalized spacial score (nSPS) is 16.2. The van der Waals surface area contributed by atoms with E-state index in [0.29, 0.717) is 5.69 Å². The minimum Gasteiger partial charge on any atom is -0.369 e. The molecule has 5 N–H and O–H groups in total. The quantitative estimate of drug-likeness (QED) is 0.471. The highest BCUT2D eigenvalue weighted by Crippen LogP contribution is 2.15. The predicted molar refractivity (Wildman–Crippen MR) is 115 cm³/mol. The SMILES string of the molecule is Cc1cccc(N/C(N)=N/C2=NC(CC(=O)Nc3ccc(C)c(C)c3)C(=O)N2)c1. The number of nitrogens with two attached hydrogens (primary N) is 1. The Morgan fingerprint density at radius 1 is 1.10 bits per heavy atom. The second kappa shape index (κ2) is 8.55. The summed E-state index contributed by atoms with van der Waals surface area (Å²) < 4.78 is 0. The van der Waals surface area contributed by atoms with Gasteiger partial charge in [-0.25, -0.2) is 4.99 Å². The Labute approximate surface area is 169 Å². The Bertz CT molecular complexity index is 1010. The molecule has 2 aromatic rings. The summed E-state index contributed by atoms with van der Waals surface area (Å²) in [5.74, 6) is -0.512. The number of anilines is 2. The van der Waals surface area contributed by atoms with Gasteiger partial charge in [0.2, 0.25) is 17.8 Å². The highest BCUT2D eigenvalue weighted by molar-refractivity contribution is 6.11. The van der Waals surface area contributed by atoms with Crippen LogP contribution in [0.2, 0.25) is 0 Å². The van der Waals surface area contributed by atoms with E-state index in [1.807, 2.05) is 63.2 Å². The summed E-state index contributed by atoms with van der Waals surface area (Å²) in [5.41, 5.74) is 10.6. The number of rotatable bonds is 4. The number of nitrogens with zero attached hydrogens (tertiary/aromatic N) is 2. The van der Waals surface area contributed by atoms with E-state index in [0.717, 1.165) is 22.4 Å². The Kier molecular flexibility index (Phi) is 5.92. The zero-order valence-corrected chi connectivity index (χ0v) is 16.6. The smallest absolute Gasteiger partial charge is 0.252 e. The van der Waals surface area contributed by atoms with Gasteiger partial charge in [0.05, 0.1) is 6.42 Å². The molecule has 0 saturated carbocycles. The van der Waals surface area contributed by atoms with Crippen molar-refractivity contribution >= 4 is 35.1 Å². The average Bonchev–Trinajstić information content (AvgIpc) is 2.96. The van der Waals surface area contributed by atoms with Crippen molar-refractivity contribution in [2.24, 2.45) is 15.7 Å². The average molecular weight is 392 g/mol. The van der Waals surface area contributed by atoms with Crippen LogP contribution in [0.5, 0.6) is 0 Å². The summed E-state index contributed by atoms with van der Waals surface area (Å²) in [7, 11) is 0. The summed E-state index contributed by atoms with van der Waals surface area (Å²) in [6.45, 7) is 5.94. The summed E-state index contributed by atoms with van der Waals surface area (Å²) in [6.07, 6.45) is -0.0804. The largest absolute Gasteiger partial charge is 0.369 e. The molecule has 0 fully saturated rings. The van der Waals surface area contributed by atoms with E-state index >= 15 is 0 Å². The zero-order chi connectivity index (χ0) is 21.0. The summed E-state index contributed by atoms with van der Waals surface area (Å²) in [5, 5.41) is 8.27. The molecule has 8 heteroatoms. The van der Waals surface area contributed by atoms with Gasteiger partial charge in [0.1, 0.15) is 6.04 Å². The number of guanidine groups is 2. The van der Waals surface area contributed by atoms with Gasteiger partial charge in [0.25, 0.3) is 5.91 Å². The summed E-state index contributed by atoms with van der Waals surface area (Å²) in [6, 6.07) is 12.4. The van der Waals surface area contributed by atoms with E-state index in [1.165, 1.54) is 0 Å². The third-order valence-corrected chi connectivity index (χ3v) is 4.50. The minimum absolute atomic E-state index is 0.0802. The van der Waals surface area contributed by atoms with Crippen LogP contribution in [-0.2, 0) is 9.59 Å². The van der Waals surface area contributed by atoms with Crippen molar-refractivity contribution in [3.8, 4) is 0 Å². The first kappa shape index (κ1) is 20.1. The van der Waals surface area contributed by atoms with E-state index in [4.69, 9.17) is 5.73 Å². The number of aliphatic imine (C=N–C) groups is 2. The fourth-order valence-electron chi connectivity index (χ4n) is 2.85. The molecule has 1 heterocycles. The lowest BCUT2D eigenvalue weighted by molar-refractivity contribution is -0.123. The van der Waals surface area contributed by atoms with Crippen LogP contribution in [-0.4, -0.2) is 29.8 Å². The van der Waals surface area contributed by atoms with Gasteiger partial charge in [0.15, 0.2) is 0 Å². The lowest BCUT2D eigenvalue weighted by atomic mass is 10.1. The second-order valence-corrected chi connectivity index (χ2v) is 7.00. The van der Waals surface area contributed by atoms with Gasteiger partial charge in [-0.1, -0.05) is 18.2 Å². The number of carbonyl (C=O) groups is 2. The van der Waals surface area contributed by atoms with Crippen molar-refractivity contribution in [3.63, 3.8) is 0 Å². The number of carbonyl (C=O) groups excluding carboxylic acids is 2. The number of amides is 2. The minimum atomic E-state index is -0.841. The first-order valence-electron chi connectivity index (χ1n) is 9.24. The maximum Gasteiger partial charge on any atom is 0.252 e. The van der Waals surface area contributed by atoms with Crippen LogP contribution in [0.15, 0.2) is 52.4 Å². The van der Waals surface area contributed by atoms with Crippen LogP contribution in [0.4, 0.5) is 11.4 Å². The number of hydrogen-bond donors (Lipinski definition) is 4. The van der Waals surface area contributed by atoms with Crippen LogP contribution < -0.4 is 21.7 Å². The van der Waals surface area contributed by atoms with Crippen molar-refractivity contribution in [1.29, 1.82) is 0 Å². The molecule has 0 aliphatic carbocycles. The van der Waals surface area contributed by atoms with E-state index in [-0.39, 0.29) is 30.2 Å². The monoisotopic (exact) mass is 392 g/mol. The van der Waals surface area contributed by atoms with E-state index in [2.05, 4.69) is 25.9 Å². The fourth-order valence-corrected chi connectivity index (χ4v) is 2.85. The fraction of sp³-hybridized carbons (Fsp3) is 0.238. The van der Waals surface area contributed by atoms with Gasteiger partial charge in [0, 0.05) is 11.4 Å². The Balaban J connectivity index is 1.61. The molecular formula is C21H24N6O2. The van der Waals surface area contributed by atoms with Crippen molar-refractivity contribution in [1.82, 2.24) is 5.32 Å². The first-order chi connectivity index (χ1) is 13.8. The van der Waals surface area contributed by atoms with Crippen LogP contribution in [0.1, 0.15) is 23.1 Å². The van der Waals surface area contributed by atoms with Crippen molar-refractivity contribution in [2.45, 2.75) is 33.2 Å². The Hall–Kier alpha value is -3.68. The highest BCUT2D eigenvalue weighted by Gasteiger charge is 2.28. The van der Waals surface area contributed by atoms with Gasteiger partial charge in [-0.05, 0) is 61.7 Å². The van der Waals surface area contributed by atoms with Crippen molar-refractivity contribution in [2.75, 3.05) is 10.6 Å². The zero-order valence-electron chi connectivity index (χ0n) is 16.6. The van der Waals surface area contributed by atoms with Crippen molar-refractivity contribution in [3.05, 3.63) is 59.2 Å². The molecule has 1 aliphatic heterocycles. The molecule has 3 rings (SSSR count). The lowest BCUT2D eigenvalue weighted by Gasteiger charge is -2.08.